The van der Waals surface area contributed by atoms with Crippen molar-refractivity contribution in [1.82, 2.24) is 9.97 Å². The zero-order valence-corrected chi connectivity index (χ0v) is 22.4. The van der Waals surface area contributed by atoms with Crippen LogP contribution in [0.5, 0.6) is 17.2 Å². The minimum Gasteiger partial charge on any atom is -0.457 e. The highest BCUT2D eigenvalue weighted by atomic mass is 16.5. The van der Waals surface area contributed by atoms with Gasteiger partial charge in [-0.1, -0.05) is 49.4 Å². The second kappa shape index (κ2) is 9.38. The van der Waals surface area contributed by atoms with Crippen LogP contribution in [0, 0.1) is 5.92 Å². The molecule has 0 radical (unpaired) electrons. The van der Waals surface area contributed by atoms with E-state index in [1.807, 2.05) is 79.4 Å². The molecule has 2 aliphatic heterocycles. The van der Waals surface area contributed by atoms with E-state index < -0.39 is 0 Å². The molecule has 6 nitrogen and oxygen atoms in total. The molecule has 198 valence electrons. The Labute approximate surface area is 238 Å². The standard InChI is InChI=1S/C35H26N4O2/c1-23-9-8-13-29-35(23)41-34-16-7-4-12-28(34)39(29)31-22-37-20-18-25(31)24-17-19-36-21-30(24)38-26-10-2-5-14-32(26)40-33-15-6-3-11-27(33)38/h2-8,10-23H,9H2,1H3. The van der Waals surface area contributed by atoms with E-state index in [0.29, 0.717) is 0 Å². The summed E-state index contributed by atoms with van der Waals surface area (Å²) in [5, 5.41) is 0. The van der Waals surface area contributed by atoms with Gasteiger partial charge in [0.05, 0.1) is 46.5 Å². The number of ether oxygens (including phenoxy) is 2. The van der Waals surface area contributed by atoms with Crippen molar-refractivity contribution >= 4 is 28.4 Å². The van der Waals surface area contributed by atoms with Gasteiger partial charge in [0.15, 0.2) is 17.2 Å². The lowest BCUT2D eigenvalue weighted by Crippen LogP contribution is -2.28. The van der Waals surface area contributed by atoms with Gasteiger partial charge in [-0.2, -0.15) is 0 Å². The smallest absolute Gasteiger partial charge is 0.151 e. The van der Waals surface area contributed by atoms with E-state index in [1.54, 1.807) is 0 Å². The molecule has 8 rings (SSSR count). The van der Waals surface area contributed by atoms with E-state index in [9.17, 15) is 0 Å². The molecule has 0 N–H and O–H groups in total. The third-order valence-electron chi connectivity index (χ3n) is 7.84. The van der Waals surface area contributed by atoms with Crippen LogP contribution < -0.4 is 19.3 Å². The van der Waals surface area contributed by atoms with Gasteiger partial charge in [0.2, 0.25) is 0 Å². The number of pyridine rings is 2. The van der Waals surface area contributed by atoms with Gasteiger partial charge >= 0.3 is 0 Å². The Bertz CT molecular complexity index is 1830. The minimum absolute atomic E-state index is 0.267. The topological polar surface area (TPSA) is 50.7 Å². The van der Waals surface area contributed by atoms with E-state index in [0.717, 1.165) is 74.7 Å². The summed E-state index contributed by atoms with van der Waals surface area (Å²) in [6.45, 7) is 2.21. The number of nitrogens with zero attached hydrogens (tertiary/aromatic N) is 4. The predicted octanol–water partition coefficient (Wildman–Crippen LogP) is 9.06. The summed E-state index contributed by atoms with van der Waals surface area (Å²) >= 11 is 0. The molecule has 0 amide bonds. The summed E-state index contributed by atoms with van der Waals surface area (Å²) in [4.78, 5) is 13.7. The van der Waals surface area contributed by atoms with Crippen molar-refractivity contribution in [2.75, 3.05) is 9.80 Å². The second-order valence-electron chi connectivity index (χ2n) is 10.4. The van der Waals surface area contributed by atoms with Crippen molar-refractivity contribution in [3.05, 3.63) is 133 Å². The lowest BCUT2D eigenvalue weighted by molar-refractivity contribution is 0.342. The van der Waals surface area contributed by atoms with Crippen molar-refractivity contribution in [2.24, 2.45) is 5.92 Å². The van der Waals surface area contributed by atoms with Gasteiger partial charge in [-0.25, -0.2) is 0 Å². The van der Waals surface area contributed by atoms with Gasteiger partial charge in [-0.3, -0.25) is 9.97 Å². The number of rotatable bonds is 3. The minimum atomic E-state index is 0.267. The van der Waals surface area contributed by atoms with Gasteiger partial charge in [-0.15, -0.1) is 0 Å². The number of hydrogen-bond acceptors (Lipinski definition) is 6. The van der Waals surface area contributed by atoms with Crippen LogP contribution in [0.3, 0.4) is 0 Å². The third-order valence-corrected chi connectivity index (χ3v) is 7.84. The fraction of sp³-hybridized carbons (Fsp3) is 0.0857. The highest BCUT2D eigenvalue weighted by molar-refractivity contribution is 5.96. The Kier molecular flexibility index (Phi) is 5.38. The van der Waals surface area contributed by atoms with Crippen LogP contribution >= 0.6 is 0 Å². The molecule has 41 heavy (non-hydrogen) atoms. The van der Waals surface area contributed by atoms with Crippen LogP contribution in [0.15, 0.2) is 133 Å². The number of fused-ring (bicyclic) bond motifs is 3. The summed E-state index contributed by atoms with van der Waals surface area (Å²) in [6, 6.07) is 28.6. The highest BCUT2D eigenvalue weighted by Crippen LogP contribution is 2.54. The van der Waals surface area contributed by atoms with E-state index in [2.05, 4.69) is 69.2 Å². The van der Waals surface area contributed by atoms with Crippen molar-refractivity contribution in [3.8, 4) is 28.4 Å². The maximum absolute atomic E-state index is 6.48. The number of benzene rings is 3. The molecule has 0 bridgehead atoms. The van der Waals surface area contributed by atoms with Gasteiger partial charge in [0, 0.05) is 29.4 Å². The predicted molar refractivity (Wildman–Crippen MR) is 161 cm³/mol. The Morgan fingerprint density at radius 3 is 1.73 bits per heavy atom. The molecule has 1 aliphatic carbocycles. The maximum Gasteiger partial charge on any atom is 0.151 e. The Morgan fingerprint density at radius 1 is 0.610 bits per heavy atom. The summed E-state index contributed by atoms with van der Waals surface area (Å²) in [5.74, 6) is 3.69. The molecule has 3 aliphatic rings. The summed E-state index contributed by atoms with van der Waals surface area (Å²) in [6.07, 6.45) is 12.9. The van der Waals surface area contributed by atoms with Crippen LogP contribution in [-0.4, -0.2) is 9.97 Å². The fourth-order valence-electron chi connectivity index (χ4n) is 5.95. The number of anilines is 5. The summed E-state index contributed by atoms with van der Waals surface area (Å²) in [5.41, 5.74) is 7.93. The van der Waals surface area contributed by atoms with Gasteiger partial charge in [0.1, 0.15) is 5.76 Å². The number of hydrogen-bond donors (Lipinski definition) is 0. The first kappa shape index (κ1) is 23.5. The number of allylic oxidation sites excluding steroid dienone is 3. The molecule has 0 saturated carbocycles. The molecule has 0 fully saturated rings. The monoisotopic (exact) mass is 534 g/mol. The first-order valence-corrected chi connectivity index (χ1v) is 13.8. The molecular weight excluding hydrogens is 508 g/mol. The first-order chi connectivity index (χ1) is 20.3. The molecule has 5 aromatic rings. The van der Waals surface area contributed by atoms with E-state index in [1.165, 1.54) is 0 Å². The Hall–Kier alpha value is -5.36. The zero-order valence-electron chi connectivity index (χ0n) is 22.4. The van der Waals surface area contributed by atoms with Crippen LogP contribution in [0.2, 0.25) is 0 Å². The molecule has 4 heterocycles. The zero-order chi connectivity index (χ0) is 27.3. The summed E-state index contributed by atoms with van der Waals surface area (Å²) in [7, 11) is 0. The third kappa shape index (κ3) is 3.72. The lowest BCUT2D eigenvalue weighted by atomic mass is 9.95. The van der Waals surface area contributed by atoms with Crippen LogP contribution in [0.1, 0.15) is 13.3 Å². The molecule has 0 saturated heterocycles. The van der Waals surface area contributed by atoms with Crippen LogP contribution in [0.25, 0.3) is 11.1 Å². The van der Waals surface area contributed by atoms with E-state index in [-0.39, 0.29) is 5.92 Å². The van der Waals surface area contributed by atoms with Crippen molar-refractivity contribution in [1.29, 1.82) is 0 Å². The number of aromatic nitrogens is 2. The average Bonchev–Trinajstić information content (AvgIpc) is 3.03. The van der Waals surface area contributed by atoms with Crippen molar-refractivity contribution in [3.63, 3.8) is 0 Å². The normalized spacial score (nSPS) is 16.7. The molecule has 1 unspecified atom stereocenters. The average molecular weight is 535 g/mol. The molecule has 3 aromatic carbocycles. The van der Waals surface area contributed by atoms with Crippen LogP contribution in [0.4, 0.5) is 28.4 Å². The van der Waals surface area contributed by atoms with E-state index in [4.69, 9.17) is 9.47 Å². The largest absolute Gasteiger partial charge is 0.457 e. The Morgan fingerprint density at radius 2 is 1.12 bits per heavy atom. The lowest BCUT2D eigenvalue weighted by Gasteiger charge is -2.38. The summed E-state index contributed by atoms with van der Waals surface area (Å²) < 4.78 is 12.8. The van der Waals surface area contributed by atoms with Gasteiger partial charge in [0.25, 0.3) is 0 Å². The molecule has 6 heteroatoms. The fourth-order valence-corrected chi connectivity index (χ4v) is 5.95. The quantitative estimate of drug-likeness (QED) is 0.226. The molecule has 0 spiro atoms. The SMILES string of the molecule is CC1CC=CC2=C1Oc1ccccc1N2c1cnccc1-c1ccncc1N1c2ccccc2Oc2ccccc21. The molecule has 2 aromatic heterocycles. The van der Waals surface area contributed by atoms with Gasteiger partial charge in [-0.05, 0) is 61.0 Å². The Balaban J connectivity index is 1.36. The van der Waals surface area contributed by atoms with Crippen molar-refractivity contribution < 1.29 is 9.47 Å². The first-order valence-electron chi connectivity index (χ1n) is 13.8. The number of para-hydroxylation sites is 6. The van der Waals surface area contributed by atoms with Gasteiger partial charge < -0.3 is 19.3 Å². The molecule has 1 atom stereocenters. The second-order valence-corrected chi connectivity index (χ2v) is 10.4. The molecular formula is C35H26N4O2. The van der Waals surface area contributed by atoms with Crippen LogP contribution in [-0.2, 0) is 0 Å². The van der Waals surface area contributed by atoms with E-state index >= 15 is 0 Å². The highest BCUT2D eigenvalue weighted by Gasteiger charge is 2.33. The maximum atomic E-state index is 6.48. The van der Waals surface area contributed by atoms with Crippen molar-refractivity contribution in [2.45, 2.75) is 13.3 Å².